The fourth-order valence-corrected chi connectivity index (χ4v) is 6.86. The first-order valence-electron chi connectivity index (χ1n) is 9.61. The van der Waals surface area contributed by atoms with Crippen molar-refractivity contribution in [3.05, 3.63) is 95.2 Å². The van der Waals surface area contributed by atoms with Gasteiger partial charge in [0.25, 0.3) is 10.0 Å². The molecule has 2 aromatic carbocycles. The van der Waals surface area contributed by atoms with Gasteiger partial charge >= 0.3 is 0 Å². The van der Waals surface area contributed by atoms with E-state index < -0.39 is 27.2 Å². The van der Waals surface area contributed by atoms with Gasteiger partial charge in [0.05, 0.1) is 21.7 Å². The Morgan fingerprint density at radius 1 is 0.933 bits per heavy atom. The maximum Gasteiger partial charge on any atom is 0.268 e. The van der Waals surface area contributed by atoms with Crippen molar-refractivity contribution in [1.29, 1.82) is 0 Å². The first-order chi connectivity index (χ1) is 14.3. The van der Waals surface area contributed by atoms with Crippen molar-refractivity contribution in [3.63, 3.8) is 0 Å². The van der Waals surface area contributed by atoms with Crippen LogP contribution in [0.1, 0.15) is 36.2 Å². The van der Waals surface area contributed by atoms with Crippen LogP contribution in [-0.4, -0.2) is 17.4 Å². The third-order valence-corrected chi connectivity index (χ3v) is 8.07. The third-order valence-electron chi connectivity index (χ3n) is 6.35. The summed E-state index contributed by atoms with van der Waals surface area (Å²) in [7, 11) is -3.96. The number of halogens is 1. The second-order valence-electron chi connectivity index (χ2n) is 8.02. The van der Waals surface area contributed by atoms with Gasteiger partial charge in [0, 0.05) is 22.7 Å². The minimum atomic E-state index is -3.96. The lowest BCUT2D eigenvalue weighted by Crippen LogP contribution is -2.29. The van der Waals surface area contributed by atoms with Gasteiger partial charge in [0.2, 0.25) is 5.95 Å². The molecule has 4 aromatic rings. The highest BCUT2D eigenvalue weighted by molar-refractivity contribution is 7.90. The van der Waals surface area contributed by atoms with E-state index in [1.165, 1.54) is 10.2 Å². The van der Waals surface area contributed by atoms with Crippen LogP contribution in [0.3, 0.4) is 0 Å². The van der Waals surface area contributed by atoms with E-state index in [2.05, 4.69) is 4.98 Å². The minimum Gasteiger partial charge on any atom is -0.348 e. The van der Waals surface area contributed by atoms with Crippen molar-refractivity contribution in [2.75, 3.05) is 0 Å². The SMILES string of the molecule is CC12OC(C)(c3c1ccnc3F)c1c2c2ccccc2n1S(=O)(=O)c1ccccc1. The van der Waals surface area contributed by atoms with Crippen LogP contribution in [0.2, 0.25) is 0 Å². The molecule has 4 heterocycles. The molecule has 0 saturated heterocycles. The van der Waals surface area contributed by atoms with E-state index in [4.69, 9.17) is 4.74 Å². The number of pyridine rings is 1. The predicted octanol–water partition coefficient (Wildman–Crippen LogP) is 4.28. The number of rotatable bonds is 2. The molecule has 0 radical (unpaired) electrons. The molecule has 2 aliphatic rings. The maximum atomic E-state index is 14.9. The Morgan fingerprint density at radius 3 is 2.40 bits per heavy atom. The van der Waals surface area contributed by atoms with Gasteiger partial charge in [-0.05, 0) is 38.1 Å². The molecule has 5 nitrogen and oxygen atoms in total. The van der Waals surface area contributed by atoms with Gasteiger partial charge in [-0.15, -0.1) is 0 Å². The van der Waals surface area contributed by atoms with Crippen molar-refractivity contribution in [3.8, 4) is 0 Å². The van der Waals surface area contributed by atoms with Gasteiger partial charge in [0.1, 0.15) is 11.2 Å². The zero-order chi connectivity index (χ0) is 20.9. The summed E-state index contributed by atoms with van der Waals surface area (Å²) < 4.78 is 50.2. The summed E-state index contributed by atoms with van der Waals surface area (Å²) in [6.07, 6.45) is 1.42. The Hall–Kier alpha value is -3.03. The molecule has 2 atom stereocenters. The number of hydrogen-bond donors (Lipinski definition) is 0. The average Bonchev–Trinajstić information content (AvgIpc) is 3.30. The van der Waals surface area contributed by atoms with Crippen molar-refractivity contribution < 1.29 is 17.5 Å². The molecular formula is C23H17FN2O3S. The van der Waals surface area contributed by atoms with E-state index in [0.29, 0.717) is 22.3 Å². The van der Waals surface area contributed by atoms with Crippen LogP contribution in [0.15, 0.2) is 71.8 Å². The van der Waals surface area contributed by atoms with E-state index in [9.17, 15) is 12.8 Å². The highest BCUT2D eigenvalue weighted by atomic mass is 32.2. The molecule has 150 valence electrons. The Kier molecular flexibility index (Phi) is 3.18. The fraction of sp³-hybridized carbons (Fsp3) is 0.174. The lowest BCUT2D eigenvalue weighted by Gasteiger charge is -2.25. The lowest BCUT2D eigenvalue weighted by atomic mass is 9.77. The van der Waals surface area contributed by atoms with E-state index in [-0.39, 0.29) is 4.90 Å². The normalized spacial score (nSPS) is 24.2. The molecular weight excluding hydrogens is 403 g/mol. The molecule has 7 heteroatoms. The molecule has 2 aromatic heterocycles. The number of nitrogens with zero attached hydrogens (tertiary/aromatic N) is 2. The summed E-state index contributed by atoms with van der Waals surface area (Å²) in [4.78, 5) is 3.98. The Labute approximate surface area is 172 Å². The summed E-state index contributed by atoms with van der Waals surface area (Å²) in [5.41, 5.74) is 0.483. The molecule has 2 aliphatic heterocycles. The monoisotopic (exact) mass is 420 g/mol. The first kappa shape index (κ1) is 17.8. The van der Waals surface area contributed by atoms with E-state index in [1.807, 2.05) is 19.1 Å². The summed E-state index contributed by atoms with van der Waals surface area (Å²) in [5, 5.41) is 0.779. The largest absolute Gasteiger partial charge is 0.348 e. The molecule has 2 bridgehead atoms. The number of hydrogen-bond acceptors (Lipinski definition) is 4. The minimum absolute atomic E-state index is 0.164. The van der Waals surface area contributed by atoms with Gasteiger partial charge in [-0.2, -0.15) is 4.39 Å². The van der Waals surface area contributed by atoms with E-state index >= 15 is 0 Å². The number of para-hydroxylation sites is 1. The number of ether oxygens (including phenoxy) is 1. The molecule has 0 aliphatic carbocycles. The first-order valence-corrected chi connectivity index (χ1v) is 11.0. The van der Waals surface area contributed by atoms with Gasteiger partial charge < -0.3 is 4.74 Å². The van der Waals surface area contributed by atoms with Crippen LogP contribution in [0, 0.1) is 5.95 Å². The molecule has 30 heavy (non-hydrogen) atoms. The van der Waals surface area contributed by atoms with Gasteiger partial charge in [-0.3, -0.25) is 0 Å². The van der Waals surface area contributed by atoms with Crippen molar-refractivity contribution in [2.45, 2.75) is 29.9 Å². The second-order valence-corrected chi connectivity index (χ2v) is 9.80. The number of aromatic nitrogens is 2. The zero-order valence-corrected chi connectivity index (χ0v) is 17.1. The highest BCUT2D eigenvalue weighted by Crippen LogP contribution is 2.63. The molecule has 2 unspecified atom stereocenters. The van der Waals surface area contributed by atoms with Crippen LogP contribution >= 0.6 is 0 Å². The van der Waals surface area contributed by atoms with Crippen molar-refractivity contribution in [1.82, 2.24) is 8.96 Å². The predicted molar refractivity (Wildman–Crippen MR) is 109 cm³/mol. The second kappa shape index (κ2) is 5.36. The highest BCUT2D eigenvalue weighted by Gasteiger charge is 2.63. The molecule has 0 amide bonds. The fourth-order valence-electron chi connectivity index (χ4n) is 5.23. The maximum absolute atomic E-state index is 14.9. The summed E-state index contributed by atoms with van der Waals surface area (Å²) >= 11 is 0. The Morgan fingerprint density at radius 2 is 1.63 bits per heavy atom. The number of fused-ring (bicyclic) bond motifs is 10. The molecule has 6 rings (SSSR count). The molecule has 0 saturated carbocycles. The van der Waals surface area contributed by atoms with Crippen LogP contribution in [0.4, 0.5) is 4.39 Å². The zero-order valence-electron chi connectivity index (χ0n) is 16.3. The van der Waals surface area contributed by atoms with Gasteiger partial charge in [-0.1, -0.05) is 36.4 Å². The summed E-state index contributed by atoms with van der Waals surface area (Å²) in [6.45, 7) is 3.60. The lowest BCUT2D eigenvalue weighted by molar-refractivity contribution is -0.0540. The topological polar surface area (TPSA) is 61.2 Å². The molecule has 0 spiro atoms. The van der Waals surface area contributed by atoms with Crippen LogP contribution in [-0.2, 0) is 26.0 Å². The third kappa shape index (κ3) is 1.85. The van der Waals surface area contributed by atoms with Crippen LogP contribution in [0.25, 0.3) is 10.9 Å². The Balaban J connectivity index is 1.80. The Bertz CT molecular complexity index is 1480. The molecule has 0 fully saturated rings. The summed E-state index contributed by atoms with van der Waals surface area (Å²) in [5.74, 6) is -0.640. The molecule has 0 N–H and O–H groups in total. The summed E-state index contributed by atoms with van der Waals surface area (Å²) in [6, 6.07) is 17.3. The van der Waals surface area contributed by atoms with E-state index in [1.54, 1.807) is 55.5 Å². The van der Waals surface area contributed by atoms with Crippen LogP contribution in [0.5, 0.6) is 0 Å². The van der Waals surface area contributed by atoms with Crippen LogP contribution < -0.4 is 0 Å². The van der Waals surface area contributed by atoms with Crippen molar-refractivity contribution >= 4 is 20.9 Å². The number of benzene rings is 2. The van der Waals surface area contributed by atoms with Crippen molar-refractivity contribution in [2.24, 2.45) is 0 Å². The van der Waals surface area contributed by atoms with Gasteiger partial charge in [-0.25, -0.2) is 17.4 Å². The van der Waals surface area contributed by atoms with E-state index in [0.717, 1.165) is 10.9 Å². The standard InChI is InChI=1S/C23H17FN2O3S/c1-22-16-12-13-25-21(24)19(16)23(2,29-22)20-18(22)15-10-6-7-11-17(15)26(20)30(27,28)14-8-4-3-5-9-14/h3-13H,1-2H3. The smallest absolute Gasteiger partial charge is 0.268 e. The quantitative estimate of drug-likeness (QED) is 0.454. The van der Waals surface area contributed by atoms with Gasteiger partial charge in [0.15, 0.2) is 0 Å². The average molecular weight is 420 g/mol.